The Morgan fingerprint density at radius 2 is 2.25 bits per heavy atom. The monoisotopic (exact) mass is 274 g/mol. The molecule has 0 bridgehead atoms. The van der Waals surface area contributed by atoms with E-state index in [4.69, 9.17) is 5.11 Å². The van der Waals surface area contributed by atoms with Crippen molar-refractivity contribution >= 4 is 17.5 Å². The Hall–Kier alpha value is -2.44. The number of fused-ring (bicyclic) bond motifs is 1. The van der Waals surface area contributed by atoms with Crippen LogP contribution in [0.15, 0.2) is 18.5 Å². The predicted molar refractivity (Wildman–Crippen MR) is 69.4 cm³/mol. The van der Waals surface area contributed by atoms with Crippen LogP contribution in [0, 0.1) is 6.92 Å². The third-order valence-corrected chi connectivity index (χ3v) is 3.29. The summed E-state index contributed by atoms with van der Waals surface area (Å²) in [6.45, 7) is 1.55. The maximum Gasteiger partial charge on any atom is 0.323 e. The molecule has 0 radical (unpaired) electrons. The molecule has 1 aliphatic carbocycles. The van der Waals surface area contributed by atoms with E-state index >= 15 is 0 Å². The molecule has 1 N–H and O–H groups in total. The minimum absolute atomic E-state index is 0.0263. The SMILES string of the molecule is Cc1ccn2ncc(C(=O)N(CC(=O)O)C3CC3)c2n1. The number of carboxylic acids is 1. The molecule has 7 nitrogen and oxygen atoms in total. The number of rotatable bonds is 4. The molecule has 0 aliphatic heterocycles. The third kappa shape index (κ3) is 2.22. The summed E-state index contributed by atoms with van der Waals surface area (Å²) in [6, 6.07) is 1.82. The van der Waals surface area contributed by atoms with Gasteiger partial charge in [0.2, 0.25) is 0 Å². The first-order valence-corrected chi connectivity index (χ1v) is 6.40. The number of hydrogen-bond acceptors (Lipinski definition) is 4. The predicted octanol–water partition coefficient (Wildman–Crippen LogP) is 0.727. The molecular weight excluding hydrogens is 260 g/mol. The van der Waals surface area contributed by atoms with E-state index in [1.54, 1.807) is 12.3 Å². The Bertz CT molecular complexity index is 690. The number of carboxylic acid groups (broad SMARTS) is 1. The van der Waals surface area contributed by atoms with E-state index in [1.807, 2.05) is 6.92 Å². The normalized spacial score (nSPS) is 14.4. The summed E-state index contributed by atoms with van der Waals surface area (Å²) in [5, 5.41) is 13.0. The summed E-state index contributed by atoms with van der Waals surface area (Å²) in [5.74, 6) is -1.33. The number of aliphatic carboxylic acids is 1. The lowest BCUT2D eigenvalue weighted by Crippen LogP contribution is -2.37. The number of amides is 1. The lowest BCUT2D eigenvalue weighted by atomic mass is 10.2. The van der Waals surface area contributed by atoms with Crippen molar-refractivity contribution in [3.05, 3.63) is 29.7 Å². The molecule has 104 valence electrons. The first kappa shape index (κ1) is 12.6. The third-order valence-electron chi connectivity index (χ3n) is 3.29. The van der Waals surface area contributed by atoms with Gasteiger partial charge in [-0.1, -0.05) is 0 Å². The molecule has 0 saturated heterocycles. The fourth-order valence-corrected chi connectivity index (χ4v) is 2.16. The molecule has 2 aromatic heterocycles. The summed E-state index contributed by atoms with van der Waals surface area (Å²) in [6.07, 6.45) is 4.88. The van der Waals surface area contributed by atoms with Crippen molar-refractivity contribution in [3.63, 3.8) is 0 Å². The van der Waals surface area contributed by atoms with Crippen LogP contribution in [0.2, 0.25) is 0 Å². The maximum atomic E-state index is 12.5. The van der Waals surface area contributed by atoms with Crippen molar-refractivity contribution in [2.45, 2.75) is 25.8 Å². The van der Waals surface area contributed by atoms with Crippen molar-refractivity contribution in [2.75, 3.05) is 6.54 Å². The molecule has 0 atom stereocenters. The van der Waals surface area contributed by atoms with E-state index in [2.05, 4.69) is 10.1 Å². The zero-order chi connectivity index (χ0) is 14.3. The standard InChI is InChI=1S/C13H14N4O3/c1-8-4-5-17-12(15-8)10(6-14-17)13(20)16(7-11(18)19)9-2-3-9/h4-6,9H,2-3,7H2,1H3,(H,18,19). The van der Waals surface area contributed by atoms with E-state index in [1.165, 1.54) is 15.6 Å². The average Bonchev–Trinajstić information content (AvgIpc) is 3.15. The van der Waals surface area contributed by atoms with Crippen molar-refractivity contribution in [3.8, 4) is 0 Å². The molecule has 1 saturated carbocycles. The Morgan fingerprint density at radius 1 is 1.50 bits per heavy atom. The van der Waals surface area contributed by atoms with E-state index in [-0.39, 0.29) is 18.5 Å². The molecule has 0 unspecified atom stereocenters. The zero-order valence-corrected chi connectivity index (χ0v) is 11.0. The Morgan fingerprint density at radius 3 is 2.90 bits per heavy atom. The lowest BCUT2D eigenvalue weighted by molar-refractivity contribution is -0.137. The van der Waals surface area contributed by atoms with Gasteiger partial charge in [-0.2, -0.15) is 5.10 Å². The molecule has 1 fully saturated rings. The molecule has 3 rings (SSSR count). The van der Waals surface area contributed by atoms with E-state index < -0.39 is 5.97 Å². The summed E-state index contributed by atoms with van der Waals surface area (Å²) >= 11 is 0. The van der Waals surface area contributed by atoms with E-state index in [0.717, 1.165) is 18.5 Å². The van der Waals surface area contributed by atoms with Gasteiger partial charge in [-0.05, 0) is 25.8 Å². The van der Waals surface area contributed by atoms with Crippen LogP contribution in [-0.4, -0.2) is 49.1 Å². The first-order valence-electron chi connectivity index (χ1n) is 6.40. The molecule has 2 heterocycles. The highest BCUT2D eigenvalue weighted by Crippen LogP contribution is 2.28. The number of nitrogens with zero attached hydrogens (tertiary/aromatic N) is 4. The molecule has 0 spiro atoms. The van der Waals surface area contributed by atoms with Crippen molar-refractivity contribution in [2.24, 2.45) is 0 Å². The highest BCUT2D eigenvalue weighted by Gasteiger charge is 2.35. The molecule has 20 heavy (non-hydrogen) atoms. The quantitative estimate of drug-likeness (QED) is 0.887. The second kappa shape index (κ2) is 4.59. The van der Waals surface area contributed by atoms with E-state index in [0.29, 0.717) is 11.2 Å². The van der Waals surface area contributed by atoms with Crippen molar-refractivity contribution in [1.29, 1.82) is 0 Å². The Labute approximate surface area is 114 Å². The number of aromatic nitrogens is 3. The highest BCUT2D eigenvalue weighted by atomic mass is 16.4. The van der Waals surface area contributed by atoms with Gasteiger partial charge >= 0.3 is 5.97 Å². The van der Waals surface area contributed by atoms with Crippen LogP contribution >= 0.6 is 0 Å². The molecule has 1 aliphatic rings. The highest BCUT2D eigenvalue weighted by molar-refractivity contribution is 6.01. The van der Waals surface area contributed by atoms with Crippen LogP contribution in [0.4, 0.5) is 0 Å². The number of carbonyl (C=O) groups excluding carboxylic acids is 1. The van der Waals surface area contributed by atoms with Gasteiger partial charge in [0.05, 0.1) is 6.20 Å². The van der Waals surface area contributed by atoms with Crippen LogP contribution in [-0.2, 0) is 4.79 Å². The number of hydrogen-bond donors (Lipinski definition) is 1. The molecule has 7 heteroatoms. The summed E-state index contributed by atoms with van der Waals surface area (Å²) in [7, 11) is 0. The van der Waals surface area contributed by atoms with Crippen LogP contribution in [0.5, 0.6) is 0 Å². The Kier molecular flexibility index (Phi) is 2.89. The Balaban J connectivity index is 1.98. The topological polar surface area (TPSA) is 87.8 Å². The minimum Gasteiger partial charge on any atom is -0.480 e. The fraction of sp³-hybridized carbons (Fsp3) is 0.385. The second-order valence-corrected chi connectivity index (χ2v) is 4.95. The van der Waals surface area contributed by atoms with Crippen molar-refractivity contribution < 1.29 is 14.7 Å². The molecule has 0 aromatic carbocycles. The van der Waals surface area contributed by atoms with Gasteiger partial charge in [-0.15, -0.1) is 0 Å². The first-order chi connectivity index (χ1) is 9.56. The molecule has 2 aromatic rings. The number of aryl methyl sites for hydroxylation is 1. The van der Waals surface area contributed by atoms with E-state index in [9.17, 15) is 9.59 Å². The summed E-state index contributed by atoms with van der Waals surface area (Å²) in [5.41, 5.74) is 1.59. The largest absolute Gasteiger partial charge is 0.480 e. The van der Waals surface area contributed by atoms with Crippen LogP contribution < -0.4 is 0 Å². The molecule has 1 amide bonds. The average molecular weight is 274 g/mol. The summed E-state index contributed by atoms with van der Waals surface area (Å²) < 4.78 is 1.52. The van der Waals surface area contributed by atoms with Gasteiger partial charge in [0.1, 0.15) is 12.1 Å². The van der Waals surface area contributed by atoms with Crippen LogP contribution in [0.25, 0.3) is 5.65 Å². The van der Waals surface area contributed by atoms with Crippen LogP contribution in [0.1, 0.15) is 28.9 Å². The maximum absolute atomic E-state index is 12.5. The summed E-state index contributed by atoms with van der Waals surface area (Å²) in [4.78, 5) is 29.1. The smallest absolute Gasteiger partial charge is 0.323 e. The van der Waals surface area contributed by atoms with Crippen molar-refractivity contribution in [1.82, 2.24) is 19.5 Å². The number of carbonyl (C=O) groups is 2. The zero-order valence-electron chi connectivity index (χ0n) is 11.0. The van der Waals surface area contributed by atoms with Gasteiger partial charge < -0.3 is 10.0 Å². The minimum atomic E-state index is -1.01. The van der Waals surface area contributed by atoms with Gasteiger partial charge in [0, 0.05) is 17.9 Å². The van der Waals surface area contributed by atoms with Gasteiger partial charge in [-0.3, -0.25) is 9.59 Å². The van der Waals surface area contributed by atoms with Gasteiger partial charge in [0.25, 0.3) is 5.91 Å². The van der Waals surface area contributed by atoms with Gasteiger partial charge in [-0.25, -0.2) is 9.50 Å². The molecular formula is C13H14N4O3. The lowest BCUT2D eigenvalue weighted by Gasteiger charge is -2.19. The fourth-order valence-electron chi connectivity index (χ4n) is 2.16. The van der Waals surface area contributed by atoms with Crippen LogP contribution in [0.3, 0.4) is 0 Å². The van der Waals surface area contributed by atoms with Gasteiger partial charge in [0.15, 0.2) is 5.65 Å². The second-order valence-electron chi connectivity index (χ2n) is 4.95.